The molecule has 1 N–H and O–H groups in total. The number of nitrogens with one attached hydrogen (secondary N) is 1. The van der Waals surface area contributed by atoms with Gasteiger partial charge in [0, 0.05) is 22.4 Å². The van der Waals surface area contributed by atoms with Crippen molar-refractivity contribution in [3.8, 4) is 15.4 Å². The number of aromatic nitrogens is 3. The Balaban J connectivity index is 1.55. The molecule has 0 radical (unpaired) electrons. The minimum atomic E-state index is -3.65. The summed E-state index contributed by atoms with van der Waals surface area (Å²) in [6, 6.07) is 10.7. The van der Waals surface area contributed by atoms with Gasteiger partial charge in [0.15, 0.2) is 0 Å². The molecule has 0 unspecified atom stereocenters. The molecule has 0 bridgehead atoms. The molecule has 0 spiro atoms. The number of nitrogens with zero attached hydrogens (tertiary/aromatic N) is 3. The summed E-state index contributed by atoms with van der Waals surface area (Å²) in [6.45, 7) is 5.81. The van der Waals surface area contributed by atoms with Crippen LogP contribution < -0.4 is 4.72 Å². The standard InChI is InChI=1S/C19H18N4O2S3/c1-12-10-23(11-20-12)16-6-4-15(5-7-16)22-28(24,25)18-9-8-17(27-18)19-13(2)21-14(3)26-19/h4-11,22H,1-3H3. The number of hydrogen-bond donors (Lipinski definition) is 1. The van der Waals surface area contributed by atoms with Gasteiger partial charge in [0.1, 0.15) is 4.21 Å². The summed E-state index contributed by atoms with van der Waals surface area (Å²) >= 11 is 2.82. The van der Waals surface area contributed by atoms with Crippen LogP contribution >= 0.6 is 22.7 Å². The molecule has 0 aliphatic carbocycles. The van der Waals surface area contributed by atoms with Crippen molar-refractivity contribution in [3.63, 3.8) is 0 Å². The summed E-state index contributed by atoms with van der Waals surface area (Å²) in [4.78, 5) is 10.5. The highest BCUT2D eigenvalue weighted by atomic mass is 32.2. The average molecular weight is 431 g/mol. The van der Waals surface area contributed by atoms with E-state index in [4.69, 9.17) is 0 Å². The van der Waals surface area contributed by atoms with E-state index in [9.17, 15) is 8.42 Å². The highest BCUT2D eigenvalue weighted by Crippen LogP contribution is 2.36. The number of hydrogen-bond acceptors (Lipinski definition) is 6. The van der Waals surface area contributed by atoms with Gasteiger partial charge in [0.25, 0.3) is 10.0 Å². The van der Waals surface area contributed by atoms with E-state index < -0.39 is 10.0 Å². The van der Waals surface area contributed by atoms with Crippen molar-refractivity contribution in [3.05, 3.63) is 65.3 Å². The number of imidazole rings is 1. The normalized spacial score (nSPS) is 11.7. The molecule has 28 heavy (non-hydrogen) atoms. The molecule has 3 heterocycles. The van der Waals surface area contributed by atoms with E-state index in [-0.39, 0.29) is 4.21 Å². The lowest BCUT2D eigenvalue weighted by Crippen LogP contribution is -2.11. The van der Waals surface area contributed by atoms with Crippen LogP contribution in [-0.2, 0) is 10.0 Å². The maximum Gasteiger partial charge on any atom is 0.271 e. The predicted molar refractivity (Wildman–Crippen MR) is 114 cm³/mol. The van der Waals surface area contributed by atoms with E-state index in [0.29, 0.717) is 5.69 Å². The zero-order chi connectivity index (χ0) is 19.9. The Morgan fingerprint density at radius 1 is 1.00 bits per heavy atom. The first-order valence-electron chi connectivity index (χ1n) is 8.50. The molecule has 3 aromatic heterocycles. The molecule has 0 aliphatic heterocycles. The summed E-state index contributed by atoms with van der Waals surface area (Å²) in [7, 11) is -3.65. The zero-order valence-electron chi connectivity index (χ0n) is 15.5. The second-order valence-corrected chi connectivity index (χ2v) is 10.5. The fourth-order valence-corrected chi connectivity index (χ4v) is 6.26. The Kier molecular flexibility index (Phi) is 4.82. The molecule has 144 valence electrons. The molecular formula is C19H18N4O2S3. The topological polar surface area (TPSA) is 76.9 Å². The van der Waals surface area contributed by atoms with Crippen LogP contribution in [-0.4, -0.2) is 23.0 Å². The van der Waals surface area contributed by atoms with Crippen molar-refractivity contribution in [1.82, 2.24) is 14.5 Å². The van der Waals surface area contributed by atoms with Gasteiger partial charge in [-0.25, -0.2) is 18.4 Å². The molecule has 0 amide bonds. The largest absolute Gasteiger partial charge is 0.306 e. The van der Waals surface area contributed by atoms with Gasteiger partial charge in [-0.2, -0.15) is 0 Å². The Hall–Kier alpha value is -2.49. The van der Waals surface area contributed by atoms with E-state index in [2.05, 4.69) is 14.7 Å². The van der Waals surface area contributed by atoms with Gasteiger partial charge >= 0.3 is 0 Å². The van der Waals surface area contributed by atoms with E-state index in [1.54, 1.807) is 35.9 Å². The smallest absolute Gasteiger partial charge is 0.271 e. The summed E-state index contributed by atoms with van der Waals surface area (Å²) in [6.07, 6.45) is 3.64. The van der Waals surface area contributed by atoms with Crippen LogP contribution in [0.4, 0.5) is 5.69 Å². The van der Waals surface area contributed by atoms with Gasteiger partial charge in [-0.3, -0.25) is 4.72 Å². The summed E-state index contributed by atoms with van der Waals surface area (Å²) in [5.41, 5.74) is 3.27. The molecule has 4 aromatic rings. The minimum Gasteiger partial charge on any atom is -0.306 e. The van der Waals surface area contributed by atoms with Crippen LogP contribution in [0.15, 0.2) is 53.1 Å². The van der Waals surface area contributed by atoms with Gasteiger partial charge in [0.2, 0.25) is 0 Å². The summed E-state index contributed by atoms with van der Waals surface area (Å²) < 4.78 is 30.3. The van der Waals surface area contributed by atoms with Crippen molar-refractivity contribution >= 4 is 38.4 Å². The van der Waals surface area contributed by atoms with E-state index in [0.717, 1.165) is 31.8 Å². The average Bonchev–Trinajstić information content (AvgIpc) is 3.35. The Morgan fingerprint density at radius 2 is 1.75 bits per heavy atom. The van der Waals surface area contributed by atoms with Crippen LogP contribution in [0.5, 0.6) is 0 Å². The maximum absolute atomic E-state index is 12.8. The zero-order valence-corrected chi connectivity index (χ0v) is 18.0. The van der Waals surface area contributed by atoms with Gasteiger partial charge in [-0.05, 0) is 57.2 Å². The monoisotopic (exact) mass is 430 g/mol. The van der Waals surface area contributed by atoms with Crippen molar-refractivity contribution < 1.29 is 8.42 Å². The van der Waals surface area contributed by atoms with E-state index in [1.165, 1.54) is 11.3 Å². The molecule has 0 saturated heterocycles. The third-order valence-electron chi connectivity index (χ3n) is 4.10. The minimum absolute atomic E-state index is 0.280. The number of rotatable bonds is 5. The molecule has 6 nitrogen and oxygen atoms in total. The SMILES string of the molecule is Cc1cn(-c2ccc(NS(=O)(=O)c3ccc(-c4sc(C)nc4C)s3)cc2)cn1. The molecule has 1 aromatic carbocycles. The molecule has 0 atom stereocenters. The van der Waals surface area contributed by atoms with Crippen LogP contribution in [0.2, 0.25) is 0 Å². The summed E-state index contributed by atoms with van der Waals surface area (Å²) in [5, 5.41) is 0.969. The molecular weight excluding hydrogens is 412 g/mol. The third-order valence-corrected chi connectivity index (χ3v) is 8.31. The first kappa shape index (κ1) is 18.9. The number of aryl methyl sites for hydroxylation is 3. The Bertz CT molecular complexity index is 1230. The number of sulfonamides is 1. The second-order valence-electron chi connectivity index (χ2n) is 6.34. The molecule has 0 aliphatic rings. The van der Waals surface area contributed by atoms with Gasteiger partial charge in [0.05, 0.1) is 27.6 Å². The highest BCUT2D eigenvalue weighted by molar-refractivity contribution is 7.94. The quantitative estimate of drug-likeness (QED) is 0.494. The Morgan fingerprint density at radius 3 is 2.36 bits per heavy atom. The highest BCUT2D eigenvalue weighted by Gasteiger charge is 2.19. The van der Waals surface area contributed by atoms with Gasteiger partial charge in [-0.15, -0.1) is 22.7 Å². The number of thiazole rings is 1. The van der Waals surface area contributed by atoms with E-state index in [1.807, 2.05) is 49.7 Å². The Labute approximate surface area is 171 Å². The second kappa shape index (κ2) is 7.16. The van der Waals surface area contributed by atoms with Gasteiger partial charge < -0.3 is 4.57 Å². The third kappa shape index (κ3) is 3.73. The molecule has 0 fully saturated rings. The molecule has 4 rings (SSSR count). The van der Waals surface area contributed by atoms with Crippen molar-refractivity contribution in [2.75, 3.05) is 4.72 Å². The fourth-order valence-electron chi connectivity index (χ4n) is 2.82. The first-order valence-corrected chi connectivity index (χ1v) is 11.6. The lowest BCUT2D eigenvalue weighted by Gasteiger charge is -2.08. The molecule has 9 heteroatoms. The number of anilines is 1. The van der Waals surface area contributed by atoms with Crippen molar-refractivity contribution in [2.24, 2.45) is 0 Å². The van der Waals surface area contributed by atoms with Crippen LogP contribution in [0.25, 0.3) is 15.4 Å². The first-order chi connectivity index (χ1) is 13.3. The number of thiophene rings is 1. The van der Waals surface area contributed by atoms with Crippen LogP contribution in [0.1, 0.15) is 16.4 Å². The predicted octanol–water partition coefficient (Wildman–Crippen LogP) is 4.78. The summed E-state index contributed by atoms with van der Waals surface area (Å²) in [5.74, 6) is 0. The number of benzene rings is 1. The van der Waals surface area contributed by atoms with Gasteiger partial charge in [-0.1, -0.05) is 0 Å². The maximum atomic E-state index is 12.8. The lowest BCUT2D eigenvalue weighted by molar-refractivity contribution is 0.603. The van der Waals surface area contributed by atoms with E-state index >= 15 is 0 Å². The lowest BCUT2D eigenvalue weighted by atomic mass is 10.3. The van der Waals surface area contributed by atoms with Crippen molar-refractivity contribution in [2.45, 2.75) is 25.0 Å². The van der Waals surface area contributed by atoms with Crippen LogP contribution in [0, 0.1) is 20.8 Å². The van der Waals surface area contributed by atoms with Crippen LogP contribution in [0.3, 0.4) is 0 Å². The fraction of sp³-hybridized carbons (Fsp3) is 0.158. The van der Waals surface area contributed by atoms with Crippen molar-refractivity contribution in [1.29, 1.82) is 0 Å². The molecule has 0 saturated carbocycles.